The summed E-state index contributed by atoms with van der Waals surface area (Å²) in [5.41, 5.74) is 0.00991. The van der Waals surface area contributed by atoms with Crippen LogP contribution in [0.5, 0.6) is 0 Å². The van der Waals surface area contributed by atoms with Gasteiger partial charge in [0, 0.05) is 11.6 Å². The SMILES string of the molecule is O=C(O)c1ccc(F)c2c(Cl)nccc12. The third-order valence-corrected chi connectivity index (χ3v) is 2.35. The first-order valence-electron chi connectivity index (χ1n) is 4.07. The van der Waals surface area contributed by atoms with Gasteiger partial charge in [-0.3, -0.25) is 0 Å². The van der Waals surface area contributed by atoms with Crippen molar-refractivity contribution in [3.05, 3.63) is 40.9 Å². The first-order chi connectivity index (χ1) is 7.11. The van der Waals surface area contributed by atoms with Crippen LogP contribution in [0.15, 0.2) is 24.4 Å². The molecular formula is C10H5ClFNO2. The van der Waals surface area contributed by atoms with Gasteiger partial charge in [0.25, 0.3) is 0 Å². The van der Waals surface area contributed by atoms with Gasteiger partial charge in [0.2, 0.25) is 0 Å². The van der Waals surface area contributed by atoms with E-state index >= 15 is 0 Å². The van der Waals surface area contributed by atoms with Gasteiger partial charge in [0.1, 0.15) is 11.0 Å². The van der Waals surface area contributed by atoms with E-state index in [9.17, 15) is 9.18 Å². The van der Waals surface area contributed by atoms with Crippen molar-refractivity contribution in [2.24, 2.45) is 0 Å². The topological polar surface area (TPSA) is 50.2 Å². The molecule has 2 rings (SSSR count). The molecule has 0 saturated carbocycles. The van der Waals surface area contributed by atoms with E-state index in [1.165, 1.54) is 18.3 Å². The Morgan fingerprint density at radius 2 is 2.13 bits per heavy atom. The smallest absolute Gasteiger partial charge is 0.336 e. The maximum atomic E-state index is 13.4. The van der Waals surface area contributed by atoms with Crippen LogP contribution in [0.25, 0.3) is 10.8 Å². The van der Waals surface area contributed by atoms with Gasteiger partial charge < -0.3 is 5.11 Å². The zero-order valence-electron chi connectivity index (χ0n) is 7.37. The lowest BCUT2D eigenvalue weighted by atomic mass is 10.1. The van der Waals surface area contributed by atoms with Crippen LogP contribution in [0.3, 0.4) is 0 Å². The fourth-order valence-electron chi connectivity index (χ4n) is 1.40. The number of carboxylic acids is 1. The number of carboxylic acid groups (broad SMARTS) is 1. The highest BCUT2D eigenvalue weighted by atomic mass is 35.5. The van der Waals surface area contributed by atoms with Crippen LogP contribution in [0, 0.1) is 5.82 Å². The van der Waals surface area contributed by atoms with Crippen LogP contribution < -0.4 is 0 Å². The van der Waals surface area contributed by atoms with Crippen molar-refractivity contribution in [2.45, 2.75) is 0 Å². The van der Waals surface area contributed by atoms with E-state index in [2.05, 4.69) is 4.98 Å². The molecule has 1 N–H and O–H groups in total. The highest BCUT2D eigenvalue weighted by Gasteiger charge is 2.13. The van der Waals surface area contributed by atoms with Crippen molar-refractivity contribution in [3.63, 3.8) is 0 Å². The molecule has 5 heteroatoms. The average molecular weight is 226 g/mol. The number of carbonyl (C=O) groups is 1. The zero-order valence-corrected chi connectivity index (χ0v) is 8.12. The summed E-state index contributed by atoms with van der Waals surface area (Å²) in [6.45, 7) is 0. The number of fused-ring (bicyclic) bond motifs is 1. The van der Waals surface area contributed by atoms with Gasteiger partial charge in [-0.1, -0.05) is 11.6 Å². The molecule has 0 fully saturated rings. The van der Waals surface area contributed by atoms with Crippen molar-refractivity contribution in [3.8, 4) is 0 Å². The van der Waals surface area contributed by atoms with Crippen LogP contribution in [0.1, 0.15) is 10.4 Å². The Balaban J connectivity index is 2.95. The third-order valence-electron chi connectivity index (χ3n) is 2.06. The number of aromatic carboxylic acids is 1. The number of halogens is 2. The molecule has 0 aliphatic rings. The molecule has 76 valence electrons. The summed E-state index contributed by atoms with van der Waals surface area (Å²) < 4.78 is 13.4. The third kappa shape index (κ3) is 1.53. The zero-order chi connectivity index (χ0) is 11.0. The van der Waals surface area contributed by atoms with Gasteiger partial charge in [-0.25, -0.2) is 14.2 Å². The second-order valence-electron chi connectivity index (χ2n) is 2.92. The molecule has 1 heterocycles. The number of pyridine rings is 1. The Hall–Kier alpha value is -1.68. The standard InChI is InChI=1S/C10H5ClFNO2/c11-9-8-5(3-4-13-9)6(10(14)15)1-2-7(8)12/h1-4H,(H,14,15). The predicted octanol–water partition coefficient (Wildman–Crippen LogP) is 2.73. The minimum atomic E-state index is -1.12. The largest absolute Gasteiger partial charge is 0.478 e. The van der Waals surface area contributed by atoms with E-state index in [1.54, 1.807) is 0 Å². The Morgan fingerprint density at radius 1 is 1.40 bits per heavy atom. The molecule has 1 aromatic heterocycles. The highest BCUT2D eigenvalue weighted by molar-refractivity contribution is 6.34. The van der Waals surface area contributed by atoms with Crippen LogP contribution in [-0.2, 0) is 0 Å². The monoisotopic (exact) mass is 225 g/mol. The quantitative estimate of drug-likeness (QED) is 0.760. The van der Waals surface area contributed by atoms with E-state index in [0.717, 1.165) is 6.07 Å². The molecule has 2 aromatic rings. The molecule has 0 aliphatic carbocycles. The number of nitrogens with zero attached hydrogens (tertiary/aromatic N) is 1. The number of hydrogen-bond donors (Lipinski definition) is 1. The number of benzene rings is 1. The van der Waals surface area contributed by atoms with Gasteiger partial charge >= 0.3 is 5.97 Å². The molecule has 0 bridgehead atoms. The first kappa shape index (κ1) is 9.86. The fourth-order valence-corrected chi connectivity index (χ4v) is 1.65. The molecule has 0 spiro atoms. The normalized spacial score (nSPS) is 10.5. The van der Waals surface area contributed by atoms with Gasteiger partial charge in [0.15, 0.2) is 0 Å². The maximum absolute atomic E-state index is 13.4. The van der Waals surface area contributed by atoms with Crippen LogP contribution in [0.4, 0.5) is 4.39 Å². The van der Waals surface area contributed by atoms with Crippen molar-refractivity contribution in [1.29, 1.82) is 0 Å². The van der Waals surface area contributed by atoms with Crippen LogP contribution >= 0.6 is 11.6 Å². The summed E-state index contributed by atoms with van der Waals surface area (Å²) in [7, 11) is 0. The number of aromatic nitrogens is 1. The van der Waals surface area contributed by atoms with Crippen molar-refractivity contribution in [1.82, 2.24) is 4.98 Å². The van der Waals surface area contributed by atoms with Crippen LogP contribution in [0.2, 0.25) is 5.15 Å². The minimum Gasteiger partial charge on any atom is -0.478 e. The van der Waals surface area contributed by atoms with Crippen molar-refractivity contribution in [2.75, 3.05) is 0 Å². The average Bonchev–Trinajstić information content (AvgIpc) is 2.17. The Kier molecular flexibility index (Phi) is 2.28. The predicted molar refractivity (Wildman–Crippen MR) is 53.7 cm³/mol. The molecule has 1 aromatic carbocycles. The molecule has 0 amide bonds. The van der Waals surface area contributed by atoms with Crippen molar-refractivity contribution < 1.29 is 14.3 Å². The summed E-state index contributed by atoms with van der Waals surface area (Å²) >= 11 is 5.69. The van der Waals surface area contributed by atoms with E-state index in [4.69, 9.17) is 16.7 Å². The Bertz CT molecular complexity index is 548. The summed E-state index contributed by atoms with van der Waals surface area (Å²) in [6.07, 6.45) is 1.34. The molecule has 15 heavy (non-hydrogen) atoms. The minimum absolute atomic E-state index is 0.00991. The van der Waals surface area contributed by atoms with Crippen molar-refractivity contribution >= 4 is 28.3 Å². The van der Waals surface area contributed by atoms with Gasteiger partial charge in [0.05, 0.1) is 10.9 Å². The fraction of sp³-hybridized carbons (Fsp3) is 0. The lowest BCUT2D eigenvalue weighted by molar-refractivity contribution is 0.0699. The molecular weight excluding hydrogens is 221 g/mol. The van der Waals surface area contributed by atoms with Gasteiger partial charge in [-0.2, -0.15) is 0 Å². The summed E-state index contributed by atoms with van der Waals surface area (Å²) in [4.78, 5) is 14.6. The number of rotatable bonds is 1. The van der Waals surface area contributed by atoms with Crippen LogP contribution in [-0.4, -0.2) is 16.1 Å². The highest BCUT2D eigenvalue weighted by Crippen LogP contribution is 2.26. The molecule has 0 aliphatic heterocycles. The molecule has 0 unspecified atom stereocenters. The summed E-state index contributed by atoms with van der Waals surface area (Å²) in [6, 6.07) is 3.70. The second kappa shape index (κ2) is 3.47. The van der Waals surface area contributed by atoms with E-state index in [1.807, 2.05) is 0 Å². The molecule has 3 nitrogen and oxygen atoms in total. The molecule has 0 saturated heterocycles. The lowest BCUT2D eigenvalue weighted by Gasteiger charge is -2.04. The van der Waals surface area contributed by atoms with E-state index in [-0.39, 0.29) is 21.5 Å². The van der Waals surface area contributed by atoms with Gasteiger partial charge in [-0.05, 0) is 18.2 Å². The maximum Gasteiger partial charge on any atom is 0.336 e. The van der Waals surface area contributed by atoms with E-state index < -0.39 is 11.8 Å². The second-order valence-corrected chi connectivity index (χ2v) is 3.28. The number of hydrogen-bond acceptors (Lipinski definition) is 2. The van der Waals surface area contributed by atoms with E-state index in [0.29, 0.717) is 0 Å². The summed E-state index contributed by atoms with van der Waals surface area (Å²) in [5, 5.41) is 9.14. The Labute approximate surface area is 89.1 Å². The Morgan fingerprint density at radius 3 is 2.80 bits per heavy atom. The first-order valence-corrected chi connectivity index (χ1v) is 4.45. The summed E-state index contributed by atoms with van der Waals surface area (Å²) in [5.74, 6) is -1.70. The molecule has 0 radical (unpaired) electrons. The lowest BCUT2D eigenvalue weighted by Crippen LogP contribution is -1.99. The molecule has 0 atom stereocenters. The van der Waals surface area contributed by atoms with Gasteiger partial charge in [-0.15, -0.1) is 0 Å².